The van der Waals surface area contributed by atoms with Gasteiger partial charge in [-0.05, 0) is 24.3 Å². The minimum absolute atomic E-state index is 0.589. The molecule has 0 aliphatic heterocycles. The predicted octanol–water partition coefficient (Wildman–Crippen LogP) is 2.99. The predicted molar refractivity (Wildman–Crippen MR) is 76.2 cm³/mol. The summed E-state index contributed by atoms with van der Waals surface area (Å²) in [5.74, 6) is 0.730. The van der Waals surface area contributed by atoms with Crippen molar-refractivity contribution in [3.8, 4) is 22.8 Å². The largest absolute Gasteiger partial charge is 0.494 e. The molecule has 0 N–H and O–H groups in total. The van der Waals surface area contributed by atoms with E-state index in [1.54, 1.807) is 36.3 Å². The van der Waals surface area contributed by atoms with Crippen molar-refractivity contribution in [2.45, 2.75) is 0 Å². The Morgan fingerprint density at radius 2 is 1.95 bits per heavy atom. The molecule has 0 aliphatic carbocycles. The molecular formula is C14H11ClN4O. The molecule has 2 heterocycles. The molecule has 0 unspecified atom stereocenters. The summed E-state index contributed by atoms with van der Waals surface area (Å²) in [6.07, 6.45) is 3.38. The van der Waals surface area contributed by atoms with E-state index in [1.165, 1.54) is 0 Å². The van der Waals surface area contributed by atoms with E-state index >= 15 is 0 Å². The molecule has 0 saturated heterocycles. The zero-order chi connectivity index (χ0) is 13.9. The Balaban J connectivity index is 2.00. The molecule has 100 valence electrons. The minimum atomic E-state index is 0.589. The van der Waals surface area contributed by atoms with Gasteiger partial charge < -0.3 is 4.74 Å². The number of pyridine rings is 1. The van der Waals surface area contributed by atoms with Crippen molar-refractivity contribution in [3.63, 3.8) is 0 Å². The van der Waals surface area contributed by atoms with E-state index in [2.05, 4.69) is 15.3 Å². The fourth-order valence-electron chi connectivity index (χ4n) is 1.85. The van der Waals surface area contributed by atoms with Crippen molar-refractivity contribution < 1.29 is 4.74 Å². The zero-order valence-corrected chi connectivity index (χ0v) is 11.4. The highest BCUT2D eigenvalue weighted by molar-refractivity contribution is 6.30. The third kappa shape index (κ3) is 2.35. The maximum absolute atomic E-state index is 5.82. The van der Waals surface area contributed by atoms with Crippen LogP contribution >= 0.6 is 11.6 Å². The molecule has 0 aliphatic rings. The van der Waals surface area contributed by atoms with Crippen LogP contribution in [0.5, 0.6) is 5.75 Å². The van der Waals surface area contributed by atoms with Crippen LogP contribution in [0.25, 0.3) is 17.1 Å². The average molecular weight is 287 g/mol. The van der Waals surface area contributed by atoms with E-state index in [1.807, 2.05) is 24.3 Å². The van der Waals surface area contributed by atoms with Crippen molar-refractivity contribution >= 4 is 11.6 Å². The molecule has 3 rings (SSSR count). The lowest BCUT2D eigenvalue weighted by Gasteiger charge is -2.06. The lowest BCUT2D eigenvalue weighted by molar-refractivity contribution is 0.411. The van der Waals surface area contributed by atoms with Crippen molar-refractivity contribution in [1.82, 2.24) is 20.0 Å². The van der Waals surface area contributed by atoms with Crippen LogP contribution in [-0.4, -0.2) is 27.1 Å². The van der Waals surface area contributed by atoms with E-state index in [9.17, 15) is 0 Å². The van der Waals surface area contributed by atoms with Crippen LogP contribution < -0.4 is 4.74 Å². The summed E-state index contributed by atoms with van der Waals surface area (Å²) >= 11 is 5.82. The summed E-state index contributed by atoms with van der Waals surface area (Å²) in [5, 5.41) is 8.82. The second-order valence-corrected chi connectivity index (χ2v) is 4.52. The molecule has 0 amide bonds. The fourth-order valence-corrected chi connectivity index (χ4v) is 1.96. The van der Waals surface area contributed by atoms with Gasteiger partial charge in [-0.1, -0.05) is 28.9 Å². The molecule has 5 nitrogen and oxygen atoms in total. The molecule has 20 heavy (non-hydrogen) atoms. The fraction of sp³-hybridized carbons (Fsp3) is 0.0714. The van der Waals surface area contributed by atoms with Crippen LogP contribution in [0.2, 0.25) is 5.02 Å². The summed E-state index contributed by atoms with van der Waals surface area (Å²) in [4.78, 5) is 4.22. The van der Waals surface area contributed by atoms with Gasteiger partial charge in [-0.25, -0.2) is 4.68 Å². The average Bonchev–Trinajstić information content (AvgIpc) is 2.97. The van der Waals surface area contributed by atoms with E-state index < -0.39 is 0 Å². The van der Waals surface area contributed by atoms with Crippen LogP contribution in [0, 0.1) is 0 Å². The highest BCUT2D eigenvalue weighted by atomic mass is 35.5. The van der Waals surface area contributed by atoms with Crippen molar-refractivity contribution in [3.05, 3.63) is 53.8 Å². The normalized spacial score (nSPS) is 10.5. The van der Waals surface area contributed by atoms with Gasteiger partial charge in [0, 0.05) is 6.20 Å². The molecule has 1 aromatic carbocycles. The number of halogens is 1. The van der Waals surface area contributed by atoms with Crippen LogP contribution in [-0.2, 0) is 0 Å². The molecule has 6 heteroatoms. The first kappa shape index (κ1) is 12.6. The summed E-state index contributed by atoms with van der Waals surface area (Å²) in [6, 6.07) is 11.2. The summed E-state index contributed by atoms with van der Waals surface area (Å²) < 4.78 is 6.97. The Kier molecular flexibility index (Phi) is 3.35. The molecule has 0 spiro atoms. The third-order valence-corrected chi connectivity index (χ3v) is 3.04. The molecule has 3 aromatic rings. The Hall–Kier alpha value is -2.40. The van der Waals surface area contributed by atoms with E-state index in [-0.39, 0.29) is 0 Å². The van der Waals surface area contributed by atoms with Gasteiger partial charge in [0.2, 0.25) is 0 Å². The quantitative estimate of drug-likeness (QED) is 0.743. The molecule has 0 bridgehead atoms. The monoisotopic (exact) mass is 286 g/mol. The van der Waals surface area contributed by atoms with Crippen LogP contribution in [0.15, 0.2) is 48.8 Å². The molecule has 0 atom stereocenters. The topological polar surface area (TPSA) is 52.8 Å². The van der Waals surface area contributed by atoms with E-state index in [0.29, 0.717) is 10.7 Å². The van der Waals surface area contributed by atoms with Gasteiger partial charge >= 0.3 is 0 Å². The van der Waals surface area contributed by atoms with Crippen LogP contribution in [0.4, 0.5) is 0 Å². The van der Waals surface area contributed by atoms with Crippen molar-refractivity contribution in [2.24, 2.45) is 0 Å². The number of hydrogen-bond acceptors (Lipinski definition) is 4. The Morgan fingerprint density at radius 3 is 2.70 bits per heavy atom. The number of methoxy groups -OCH3 is 1. The molecule has 0 radical (unpaired) electrons. The van der Waals surface area contributed by atoms with Crippen LogP contribution in [0.3, 0.4) is 0 Å². The molecule has 0 saturated carbocycles. The number of hydrogen-bond donors (Lipinski definition) is 0. The number of ether oxygens (including phenoxy) is 1. The first-order valence-electron chi connectivity index (χ1n) is 5.95. The zero-order valence-electron chi connectivity index (χ0n) is 10.7. The number of nitrogens with zero attached hydrogens (tertiary/aromatic N) is 4. The first-order valence-corrected chi connectivity index (χ1v) is 6.33. The van der Waals surface area contributed by atoms with Gasteiger partial charge in [-0.3, -0.25) is 4.98 Å². The third-order valence-electron chi connectivity index (χ3n) is 2.82. The minimum Gasteiger partial charge on any atom is -0.494 e. The second kappa shape index (κ2) is 5.30. The summed E-state index contributed by atoms with van der Waals surface area (Å²) in [6.45, 7) is 0. The first-order chi connectivity index (χ1) is 9.78. The number of para-hydroxylation sites is 2. The van der Waals surface area contributed by atoms with Gasteiger partial charge in [0.15, 0.2) is 0 Å². The smallest absolute Gasteiger partial charge is 0.144 e. The van der Waals surface area contributed by atoms with Gasteiger partial charge in [0.1, 0.15) is 17.1 Å². The number of benzene rings is 1. The highest BCUT2D eigenvalue weighted by Gasteiger charge is 2.09. The van der Waals surface area contributed by atoms with Gasteiger partial charge in [-0.15, -0.1) is 5.10 Å². The van der Waals surface area contributed by atoms with Gasteiger partial charge in [-0.2, -0.15) is 0 Å². The van der Waals surface area contributed by atoms with Crippen molar-refractivity contribution in [2.75, 3.05) is 7.11 Å². The maximum Gasteiger partial charge on any atom is 0.144 e. The lowest BCUT2D eigenvalue weighted by atomic mass is 10.3. The molecule has 0 fully saturated rings. The van der Waals surface area contributed by atoms with E-state index in [0.717, 1.165) is 17.1 Å². The second-order valence-electron chi connectivity index (χ2n) is 4.08. The standard InChI is InChI=1S/C14H11ClN4O/c1-20-14-5-3-2-4-13(14)19-9-12(17-18-19)11-7-6-10(15)8-16-11/h2-9H,1H3. The number of rotatable bonds is 3. The lowest BCUT2D eigenvalue weighted by Crippen LogP contribution is -1.98. The molecule has 2 aromatic heterocycles. The Labute approximate surface area is 120 Å². The SMILES string of the molecule is COc1ccccc1-n1cc(-c2ccc(Cl)cn2)nn1. The van der Waals surface area contributed by atoms with E-state index in [4.69, 9.17) is 16.3 Å². The molecular weight excluding hydrogens is 276 g/mol. The summed E-state index contributed by atoms with van der Waals surface area (Å²) in [5.41, 5.74) is 2.21. The summed E-state index contributed by atoms with van der Waals surface area (Å²) in [7, 11) is 1.62. The highest BCUT2D eigenvalue weighted by Crippen LogP contribution is 2.23. The number of aromatic nitrogens is 4. The Bertz CT molecular complexity index is 724. The van der Waals surface area contributed by atoms with Crippen LogP contribution in [0.1, 0.15) is 0 Å². The Morgan fingerprint density at radius 1 is 1.10 bits per heavy atom. The van der Waals surface area contributed by atoms with Gasteiger partial charge in [0.25, 0.3) is 0 Å². The maximum atomic E-state index is 5.82. The van der Waals surface area contributed by atoms with Gasteiger partial charge in [0.05, 0.1) is 24.0 Å². The van der Waals surface area contributed by atoms with Crippen molar-refractivity contribution in [1.29, 1.82) is 0 Å².